The summed E-state index contributed by atoms with van der Waals surface area (Å²) in [5.74, 6) is 0.922. The van der Waals surface area contributed by atoms with Crippen molar-refractivity contribution in [3.63, 3.8) is 0 Å². The first-order chi connectivity index (χ1) is 10.6. The maximum atomic E-state index is 9.61. The van der Waals surface area contributed by atoms with Gasteiger partial charge in [-0.15, -0.1) is 0 Å². The Hall–Kier alpha value is -0.850. The van der Waals surface area contributed by atoms with Gasteiger partial charge >= 0.3 is 0 Å². The van der Waals surface area contributed by atoms with Crippen LogP contribution in [-0.4, -0.2) is 85.9 Å². The van der Waals surface area contributed by atoms with E-state index in [0.717, 1.165) is 64.4 Å². The van der Waals surface area contributed by atoms with Crippen LogP contribution in [0.25, 0.3) is 0 Å². The first-order valence-corrected chi connectivity index (χ1v) is 8.70. The molecule has 3 N–H and O–H groups in total. The van der Waals surface area contributed by atoms with E-state index in [1.54, 1.807) is 0 Å². The molecule has 0 amide bonds. The Bertz CT molecular complexity index is 354. The number of rotatable bonds is 4. The van der Waals surface area contributed by atoms with E-state index >= 15 is 0 Å². The minimum atomic E-state index is -0.107. The zero-order valence-corrected chi connectivity index (χ0v) is 14.4. The summed E-state index contributed by atoms with van der Waals surface area (Å²) in [4.78, 5) is 9.58. The van der Waals surface area contributed by atoms with Crippen LogP contribution in [-0.2, 0) is 0 Å². The first-order valence-electron chi connectivity index (χ1n) is 8.70. The van der Waals surface area contributed by atoms with Crippen LogP contribution in [0.2, 0.25) is 0 Å². The number of aliphatic hydroxyl groups excluding tert-OH is 1. The fourth-order valence-electron chi connectivity index (χ4n) is 3.23. The maximum absolute atomic E-state index is 9.61. The average Bonchev–Trinajstić information content (AvgIpc) is 2.50. The molecule has 1 aliphatic heterocycles. The second-order valence-electron chi connectivity index (χ2n) is 6.77. The van der Waals surface area contributed by atoms with Gasteiger partial charge in [0.2, 0.25) is 0 Å². The van der Waals surface area contributed by atoms with Gasteiger partial charge in [-0.05, 0) is 46.7 Å². The van der Waals surface area contributed by atoms with E-state index in [1.165, 1.54) is 0 Å². The van der Waals surface area contributed by atoms with Crippen molar-refractivity contribution < 1.29 is 5.11 Å². The Morgan fingerprint density at radius 3 is 2.59 bits per heavy atom. The maximum Gasteiger partial charge on any atom is 0.191 e. The lowest BCUT2D eigenvalue weighted by atomic mass is 9.93. The molecule has 1 saturated heterocycles. The van der Waals surface area contributed by atoms with Gasteiger partial charge in [0.15, 0.2) is 5.96 Å². The standard InChI is InChI=1S/C16H33N5O/c1-4-17-16(19-13-5-7-15(22)8-6-13)18-11-14-12-20(2)9-10-21(14)3/h13-15,22H,4-12H2,1-3H3,(H2,17,18,19). The first kappa shape index (κ1) is 17.5. The Morgan fingerprint density at radius 1 is 1.18 bits per heavy atom. The third kappa shape index (κ3) is 5.41. The molecule has 1 aliphatic carbocycles. The lowest BCUT2D eigenvalue weighted by Gasteiger charge is -2.37. The largest absolute Gasteiger partial charge is 0.393 e. The average molecular weight is 311 g/mol. The molecule has 0 aromatic rings. The van der Waals surface area contributed by atoms with E-state index in [-0.39, 0.29) is 6.10 Å². The van der Waals surface area contributed by atoms with E-state index in [4.69, 9.17) is 4.99 Å². The lowest BCUT2D eigenvalue weighted by molar-refractivity contribution is 0.118. The number of nitrogens with zero attached hydrogens (tertiary/aromatic N) is 3. The van der Waals surface area contributed by atoms with Crippen molar-refractivity contribution in [2.45, 2.75) is 50.8 Å². The quantitative estimate of drug-likeness (QED) is 0.507. The molecule has 0 bridgehead atoms. The van der Waals surface area contributed by atoms with Crippen LogP contribution in [0.4, 0.5) is 0 Å². The zero-order valence-electron chi connectivity index (χ0n) is 14.4. The number of piperazine rings is 1. The van der Waals surface area contributed by atoms with Crippen LogP contribution in [0.1, 0.15) is 32.6 Å². The van der Waals surface area contributed by atoms with Gasteiger partial charge < -0.3 is 20.6 Å². The minimum Gasteiger partial charge on any atom is -0.393 e. The van der Waals surface area contributed by atoms with E-state index in [0.29, 0.717) is 12.1 Å². The molecule has 6 nitrogen and oxygen atoms in total. The predicted octanol–water partition coefficient (Wildman–Crippen LogP) is 0.0908. The Labute approximate surface area is 135 Å². The molecule has 0 spiro atoms. The SMILES string of the molecule is CCNC(=NCC1CN(C)CCN1C)NC1CCC(O)CC1. The van der Waals surface area contributed by atoms with Crippen molar-refractivity contribution in [1.82, 2.24) is 20.4 Å². The predicted molar refractivity (Wildman–Crippen MR) is 91.3 cm³/mol. The van der Waals surface area contributed by atoms with Gasteiger partial charge in [0, 0.05) is 38.3 Å². The van der Waals surface area contributed by atoms with Gasteiger partial charge in [0.25, 0.3) is 0 Å². The molecular weight excluding hydrogens is 278 g/mol. The number of nitrogens with one attached hydrogen (secondary N) is 2. The molecule has 0 radical (unpaired) electrons. The van der Waals surface area contributed by atoms with Crippen molar-refractivity contribution in [1.29, 1.82) is 0 Å². The van der Waals surface area contributed by atoms with Gasteiger partial charge in [0.05, 0.1) is 12.6 Å². The molecule has 6 heteroatoms. The van der Waals surface area contributed by atoms with Crippen molar-refractivity contribution in [2.75, 3.05) is 46.8 Å². The van der Waals surface area contributed by atoms with Crippen molar-refractivity contribution >= 4 is 5.96 Å². The van der Waals surface area contributed by atoms with Crippen LogP contribution in [0.15, 0.2) is 4.99 Å². The van der Waals surface area contributed by atoms with Gasteiger partial charge in [-0.25, -0.2) is 0 Å². The number of hydrogen-bond donors (Lipinski definition) is 3. The summed E-state index contributed by atoms with van der Waals surface area (Å²) < 4.78 is 0. The van der Waals surface area contributed by atoms with E-state index in [1.807, 2.05) is 0 Å². The number of likely N-dealkylation sites (N-methyl/N-ethyl adjacent to an activating group) is 2. The molecule has 2 fully saturated rings. The Balaban J connectivity index is 1.86. The van der Waals surface area contributed by atoms with E-state index in [9.17, 15) is 5.11 Å². The van der Waals surface area contributed by atoms with Crippen LogP contribution in [0.3, 0.4) is 0 Å². The second kappa shape index (κ2) is 8.70. The number of aliphatic imine (C=N–C) groups is 1. The summed E-state index contributed by atoms with van der Waals surface area (Å²) in [5.41, 5.74) is 0. The summed E-state index contributed by atoms with van der Waals surface area (Å²) in [5, 5.41) is 16.5. The lowest BCUT2D eigenvalue weighted by Crippen LogP contribution is -2.52. The summed E-state index contributed by atoms with van der Waals surface area (Å²) in [6.07, 6.45) is 3.74. The molecule has 1 saturated carbocycles. The summed E-state index contributed by atoms with van der Waals surface area (Å²) in [6, 6.07) is 0.926. The summed E-state index contributed by atoms with van der Waals surface area (Å²) in [7, 11) is 4.37. The Morgan fingerprint density at radius 2 is 1.91 bits per heavy atom. The highest BCUT2D eigenvalue weighted by Gasteiger charge is 2.23. The van der Waals surface area contributed by atoms with Crippen molar-refractivity contribution in [3.8, 4) is 0 Å². The minimum absolute atomic E-state index is 0.107. The normalized spacial score (nSPS) is 32.0. The van der Waals surface area contributed by atoms with Crippen LogP contribution in [0, 0.1) is 0 Å². The molecule has 128 valence electrons. The number of aliphatic hydroxyl groups is 1. The number of guanidine groups is 1. The third-order valence-corrected chi connectivity index (χ3v) is 4.82. The number of hydrogen-bond acceptors (Lipinski definition) is 4. The van der Waals surface area contributed by atoms with Crippen LogP contribution < -0.4 is 10.6 Å². The highest BCUT2D eigenvalue weighted by molar-refractivity contribution is 5.80. The smallest absolute Gasteiger partial charge is 0.191 e. The monoisotopic (exact) mass is 311 g/mol. The fraction of sp³-hybridized carbons (Fsp3) is 0.938. The molecule has 22 heavy (non-hydrogen) atoms. The topological polar surface area (TPSA) is 63.1 Å². The highest BCUT2D eigenvalue weighted by Crippen LogP contribution is 2.18. The van der Waals surface area contributed by atoms with E-state index < -0.39 is 0 Å². The molecule has 2 rings (SSSR count). The van der Waals surface area contributed by atoms with Crippen LogP contribution >= 0.6 is 0 Å². The second-order valence-corrected chi connectivity index (χ2v) is 6.77. The fourth-order valence-corrected chi connectivity index (χ4v) is 3.23. The van der Waals surface area contributed by atoms with Gasteiger partial charge in [-0.2, -0.15) is 0 Å². The van der Waals surface area contributed by atoms with Gasteiger partial charge in [-0.1, -0.05) is 0 Å². The zero-order chi connectivity index (χ0) is 15.9. The third-order valence-electron chi connectivity index (χ3n) is 4.82. The highest BCUT2D eigenvalue weighted by atomic mass is 16.3. The van der Waals surface area contributed by atoms with Gasteiger partial charge in [0.1, 0.15) is 0 Å². The molecule has 1 atom stereocenters. The molecule has 1 unspecified atom stereocenters. The van der Waals surface area contributed by atoms with E-state index in [2.05, 4.69) is 41.5 Å². The summed E-state index contributed by atoms with van der Waals surface area (Å²) >= 11 is 0. The summed E-state index contributed by atoms with van der Waals surface area (Å²) in [6.45, 7) is 7.13. The Kier molecular flexibility index (Phi) is 6.92. The van der Waals surface area contributed by atoms with Crippen LogP contribution in [0.5, 0.6) is 0 Å². The van der Waals surface area contributed by atoms with Gasteiger partial charge in [-0.3, -0.25) is 9.89 Å². The molecule has 2 aliphatic rings. The molecule has 0 aromatic heterocycles. The van der Waals surface area contributed by atoms with Crippen molar-refractivity contribution in [2.24, 2.45) is 4.99 Å². The molecule has 0 aromatic carbocycles. The molecule has 1 heterocycles. The van der Waals surface area contributed by atoms with Crippen molar-refractivity contribution in [3.05, 3.63) is 0 Å². The molecular formula is C16H33N5O.